The Kier molecular flexibility index (Phi) is 4.34. The predicted molar refractivity (Wildman–Crippen MR) is 74.4 cm³/mol. The Morgan fingerprint density at radius 3 is 2.37 bits per heavy atom. The molecule has 4 heteroatoms. The summed E-state index contributed by atoms with van der Waals surface area (Å²) >= 11 is 0. The van der Waals surface area contributed by atoms with E-state index in [1.165, 1.54) is 18.9 Å². The maximum absolute atomic E-state index is 11.7. The molecular formula is C15H18N2O2. The standard InChI is InChI=1S/C15H18N2O2/c16-15(19)12-8-5-11(6-9-12)7-10-14(18)17-13-3-1-2-4-13/h5-10,13H,1-4H2,(H2,16,19)(H,17,18). The molecule has 1 aromatic rings. The summed E-state index contributed by atoms with van der Waals surface area (Å²) in [5.41, 5.74) is 6.49. The molecule has 0 radical (unpaired) electrons. The van der Waals surface area contributed by atoms with Crippen molar-refractivity contribution in [3.8, 4) is 0 Å². The molecule has 1 aliphatic carbocycles. The van der Waals surface area contributed by atoms with Crippen molar-refractivity contribution < 1.29 is 9.59 Å². The monoisotopic (exact) mass is 258 g/mol. The maximum Gasteiger partial charge on any atom is 0.248 e. The number of hydrogen-bond acceptors (Lipinski definition) is 2. The summed E-state index contributed by atoms with van der Waals surface area (Å²) in [6.07, 6.45) is 7.80. The van der Waals surface area contributed by atoms with E-state index in [4.69, 9.17) is 5.73 Å². The van der Waals surface area contributed by atoms with E-state index in [0.717, 1.165) is 18.4 Å². The van der Waals surface area contributed by atoms with E-state index < -0.39 is 5.91 Å². The molecule has 100 valence electrons. The maximum atomic E-state index is 11.7. The first-order valence-electron chi connectivity index (χ1n) is 6.53. The van der Waals surface area contributed by atoms with Gasteiger partial charge in [-0.25, -0.2) is 0 Å². The molecular weight excluding hydrogens is 240 g/mol. The summed E-state index contributed by atoms with van der Waals surface area (Å²) in [5.74, 6) is -0.514. The molecule has 1 aliphatic rings. The van der Waals surface area contributed by atoms with Crippen LogP contribution >= 0.6 is 0 Å². The fourth-order valence-electron chi connectivity index (χ4n) is 2.25. The van der Waals surface area contributed by atoms with Crippen molar-refractivity contribution in [2.75, 3.05) is 0 Å². The molecule has 4 nitrogen and oxygen atoms in total. The average molecular weight is 258 g/mol. The van der Waals surface area contributed by atoms with E-state index >= 15 is 0 Å². The second-order valence-corrected chi connectivity index (χ2v) is 4.81. The van der Waals surface area contributed by atoms with Crippen LogP contribution < -0.4 is 11.1 Å². The van der Waals surface area contributed by atoms with Gasteiger partial charge in [0.25, 0.3) is 0 Å². The van der Waals surface area contributed by atoms with Gasteiger partial charge in [0.05, 0.1) is 0 Å². The third-order valence-electron chi connectivity index (χ3n) is 3.32. The van der Waals surface area contributed by atoms with Gasteiger partial charge in [-0.15, -0.1) is 0 Å². The summed E-state index contributed by atoms with van der Waals surface area (Å²) < 4.78 is 0. The number of carbonyl (C=O) groups excluding carboxylic acids is 2. The van der Waals surface area contributed by atoms with Crippen LogP contribution in [0.3, 0.4) is 0 Å². The number of rotatable bonds is 4. The van der Waals surface area contributed by atoms with Gasteiger partial charge in [0, 0.05) is 17.7 Å². The zero-order valence-corrected chi connectivity index (χ0v) is 10.8. The predicted octanol–water partition coefficient (Wildman–Crippen LogP) is 1.86. The number of nitrogens with one attached hydrogen (secondary N) is 1. The van der Waals surface area contributed by atoms with Gasteiger partial charge >= 0.3 is 0 Å². The van der Waals surface area contributed by atoms with Crippen LogP contribution in [0, 0.1) is 0 Å². The number of primary amides is 1. The van der Waals surface area contributed by atoms with Crippen molar-refractivity contribution >= 4 is 17.9 Å². The zero-order valence-electron chi connectivity index (χ0n) is 10.8. The normalized spacial score (nSPS) is 15.8. The molecule has 0 unspecified atom stereocenters. The van der Waals surface area contributed by atoms with Crippen LogP contribution in [-0.2, 0) is 4.79 Å². The van der Waals surface area contributed by atoms with Gasteiger partial charge in [-0.3, -0.25) is 9.59 Å². The third-order valence-corrected chi connectivity index (χ3v) is 3.32. The lowest BCUT2D eigenvalue weighted by Gasteiger charge is -2.09. The highest BCUT2D eigenvalue weighted by molar-refractivity contribution is 5.94. The number of amides is 2. The first-order chi connectivity index (χ1) is 9.15. The van der Waals surface area contributed by atoms with E-state index in [9.17, 15) is 9.59 Å². The average Bonchev–Trinajstić information content (AvgIpc) is 2.89. The lowest BCUT2D eigenvalue weighted by Crippen LogP contribution is -2.30. The molecule has 1 saturated carbocycles. The highest BCUT2D eigenvalue weighted by Gasteiger charge is 2.15. The van der Waals surface area contributed by atoms with Crippen LogP contribution in [0.2, 0.25) is 0 Å². The fraction of sp³-hybridized carbons (Fsp3) is 0.333. The molecule has 0 aromatic heterocycles. The van der Waals surface area contributed by atoms with E-state index in [2.05, 4.69) is 5.32 Å². The Morgan fingerprint density at radius 2 is 1.79 bits per heavy atom. The van der Waals surface area contributed by atoms with Crippen molar-refractivity contribution in [3.05, 3.63) is 41.5 Å². The first kappa shape index (κ1) is 13.3. The molecule has 3 N–H and O–H groups in total. The SMILES string of the molecule is NC(=O)c1ccc(C=CC(=O)NC2CCCC2)cc1. The van der Waals surface area contributed by atoms with E-state index in [1.807, 2.05) is 0 Å². The lowest BCUT2D eigenvalue weighted by atomic mass is 10.1. The fourth-order valence-corrected chi connectivity index (χ4v) is 2.25. The molecule has 0 heterocycles. The molecule has 0 aliphatic heterocycles. The van der Waals surface area contributed by atoms with Gasteiger partial charge in [0.2, 0.25) is 11.8 Å². The number of nitrogens with two attached hydrogens (primary N) is 1. The molecule has 19 heavy (non-hydrogen) atoms. The van der Waals surface area contributed by atoms with Crippen LogP contribution in [0.5, 0.6) is 0 Å². The molecule has 1 aromatic carbocycles. The van der Waals surface area contributed by atoms with Crippen molar-refractivity contribution in [2.24, 2.45) is 5.73 Å². The summed E-state index contributed by atoms with van der Waals surface area (Å²) in [5, 5.41) is 2.98. The van der Waals surface area contributed by atoms with E-state index in [1.54, 1.807) is 30.3 Å². The minimum absolute atomic E-state index is 0.0640. The molecule has 1 fully saturated rings. The van der Waals surface area contributed by atoms with Crippen molar-refractivity contribution in [1.29, 1.82) is 0 Å². The van der Waals surface area contributed by atoms with Gasteiger partial charge in [-0.1, -0.05) is 25.0 Å². The van der Waals surface area contributed by atoms with Gasteiger partial charge in [0.15, 0.2) is 0 Å². The van der Waals surface area contributed by atoms with Crippen LogP contribution in [0.15, 0.2) is 30.3 Å². The van der Waals surface area contributed by atoms with Crippen LogP contribution in [0.1, 0.15) is 41.6 Å². The van der Waals surface area contributed by atoms with Crippen LogP contribution in [-0.4, -0.2) is 17.9 Å². The summed E-state index contributed by atoms with van der Waals surface area (Å²) in [6, 6.07) is 7.15. The van der Waals surface area contributed by atoms with Gasteiger partial charge in [-0.05, 0) is 36.6 Å². The zero-order chi connectivity index (χ0) is 13.7. The highest BCUT2D eigenvalue weighted by atomic mass is 16.1. The number of benzene rings is 1. The Morgan fingerprint density at radius 1 is 1.16 bits per heavy atom. The Bertz CT molecular complexity index is 485. The number of hydrogen-bond donors (Lipinski definition) is 2. The minimum atomic E-state index is -0.450. The minimum Gasteiger partial charge on any atom is -0.366 e. The summed E-state index contributed by atoms with van der Waals surface area (Å²) in [7, 11) is 0. The van der Waals surface area contributed by atoms with Crippen molar-refractivity contribution in [1.82, 2.24) is 5.32 Å². The van der Waals surface area contributed by atoms with Gasteiger partial charge in [-0.2, -0.15) is 0 Å². The van der Waals surface area contributed by atoms with Crippen LogP contribution in [0.25, 0.3) is 6.08 Å². The molecule has 0 bridgehead atoms. The quantitative estimate of drug-likeness (QED) is 0.809. The third kappa shape index (κ3) is 3.95. The highest BCUT2D eigenvalue weighted by Crippen LogP contribution is 2.17. The first-order valence-corrected chi connectivity index (χ1v) is 6.53. The Balaban J connectivity index is 1.90. The van der Waals surface area contributed by atoms with E-state index in [-0.39, 0.29) is 5.91 Å². The largest absolute Gasteiger partial charge is 0.366 e. The van der Waals surface area contributed by atoms with E-state index in [0.29, 0.717) is 11.6 Å². The Labute approximate surface area is 112 Å². The number of carbonyl (C=O) groups is 2. The molecule has 2 amide bonds. The topological polar surface area (TPSA) is 72.2 Å². The molecule has 2 rings (SSSR count). The smallest absolute Gasteiger partial charge is 0.248 e. The Hall–Kier alpha value is -2.10. The molecule has 0 atom stereocenters. The molecule has 0 saturated heterocycles. The second-order valence-electron chi connectivity index (χ2n) is 4.81. The lowest BCUT2D eigenvalue weighted by molar-refractivity contribution is -0.117. The van der Waals surface area contributed by atoms with Crippen molar-refractivity contribution in [2.45, 2.75) is 31.7 Å². The van der Waals surface area contributed by atoms with Crippen LogP contribution in [0.4, 0.5) is 0 Å². The summed E-state index contributed by atoms with van der Waals surface area (Å²) in [4.78, 5) is 22.6. The van der Waals surface area contributed by atoms with Crippen molar-refractivity contribution in [3.63, 3.8) is 0 Å². The second kappa shape index (κ2) is 6.18. The summed E-state index contributed by atoms with van der Waals surface area (Å²) in [6.45, 7) is 0. The van der Waals surface area contributed by atoms with Gasteiger partial charge in [0.1, 0.15) is 0 Å². The van der Waals surface area contributed by atoms with Gasteiger partial charge < -0.3 is 11.1 Å². The molecule has 0 spiro atoms.